The van der Waals surface area contributed by atoms with Gasteiger partial charge in [-0.1, -0.05) is 54.6 Å². The first-order valence-electron chi connectivity index (χ1n) is 15.9. The Morgan fingerprint density at radius 3 is 1.92 bits per heavy atom. The second-order valence-corrected chi connectivity index (χ2v) is 12.6. The number of carbonyl (C=O) groups is 2. The third-order valence-corrected chi connectivity index (χ3v) is 8.90. The van der Waals surface area contributed by atoms with E-state index in [9.17, 15) is 14.7 Å². The van der Waals surface area contributed by atoms with Crippen molar-refractivity contribution in [3.63, 3.8) is 0 Å². The number of urea groups is 1. The van der Waals surface area contributed by atoms with Crippen molar-refractivity contribution in [3.05, 3.63) is 144 Å². The van der Waals surface area contributed by atoms with Gasteiger partial charge in [0.05, 0.1) is 18.8 Å². The first kappa shape index (κ1) is 33.8. The molecule has 3 amide bonds. The predicted molar refractivity (Wildman–Crippen MR) is 192 cm³/mol. The van der Waals surface area contributed by atoms with Crippen molar-refractivity contribution in [1.29, 1.82) is 0 Å². The minimum absolute atomic E-state index is 0.0219. The van der Waals surface area contributed by atoms with Crippen LogP contribution in [0, 0.1) is 0 Å². The molecule has 49 heavy (non-hydrogen) atoms. The van der Waals surface area contributed by atoms with E-state index in [1.807, 2.05) is 103 Å². The van der Waals surface area contributed by atoms with Gasteiger partial charge in [-0.3, -0.25) is 4.79 Å². The molecule has 3 atom stereocenters. The van der Waals surface area contributed by atoms with Gasteiger partial charge in [-0.2, -0.15) is 0 Å². The number of anilines is 3. The van der Waals surface area contributed by atoms with Gasteiger partial charge < -0.3 is 35.3 Å². The first-order chi connectivity index (χ1) is 23.9. The molecule has 1 fully saturated rings. The molecular formula is C39H37N3O6S. The molecule has 6 rings (SSSR count). The van der Waals surface area contributed by atoms with E-state index in [2.05, 4.69) is 16.0 Å². The van der Waals surface area contributed by atoms with Crippen LogP contribution in [0.2, 0.25) is 0 Å². The Bertz CT molecular complexity index is 1820. The van der Waals surface area contributed by atoms with Gasteiger partial charge >= 0.3 is 6.03 Å². The van der Waals surface area contributed by atoms with Crippen LogP contribution in [0.4, 0.5) is 21.9 Å². The Hall–Kier alpha value is -5.13. The number of thioether (sulfide) groups is 1. The van der Waals surface area contributed by atoms with Gasteiger partial charge in [-0.25, -0.2) is 4.79 Å². The predicted octanol–water partition coefficient (Wildman–Crippen LogP) is 8.91. The Morgan fingerprint density at radius 2 is 1.29 bits per heavy atom. The molecule has 5 aromatic rings. The highest BCUT2D eigenvalue weighted by molar-refractivity contribution is 7.99. The SMILES string of the molecule is CC(=O)Nc1ccc(SC[C@H]2C[C@@H](c3ccc(CO)cc3)O[C@@H](c3ccc(NC(=O)Nc4ccc(Oc5ccccc5)cc4)cc3)O2)cc1. The molecule has 0 unspecified atom stereocenters. The molecule has 1 saturated heterocycles. The monoisotopic (exact) mass is 675 g/mol. The summed E-state index contributed by atoms with van der Waals surface area (Å²) in [6.45, 7) is 1.46. The van der Waals surface area contributed by atoms with Gasteiger partial charge in [0.2, 0.25) is 5.91 Å². The largest absolute Gasteiger partial charge is 0.457 e. The van der Waals surface area contributed by atoms with Gasteiger partial charge in [-0.05, 0) is 83.9 Å². The Balaban J connectivity index is 1.08. The van der Waals surface area contributed by atoms with E-state index in [1.54, 1.807) is 36.0 Å². The molecule has 4 N–H and O–H groups in total. The summed E-state index contributed by atoms with van der Waals surface area (Å²) in [6.07, 6.45) is -0.296. The minimum Gasteiger partial charge on any atom is -0.457 e. The highest BCUT2D eigenvalue weighted by Crippen LogP contribution is 2.40. The van der Waals surface area contributed by atoms with Crippen LogP contribution in [0.3, 0.4) is 0 Å². The zero-order valence-corrected chi connectivity index (χ0v) is 27.7. The second kappa shape index (κ2) is 16.3. The van der Waals surface area contributed by atoms with Crippen LogP contribution < -0.4 is 20.7 Å². The van der Waals surface area contributed by atoms with Crippen molar-refractivity contribution in [1.82, 2.24) is 0 Å². The van der Waals surface area contributed by atoms with E-state index in [-0.39, 0.29) is 30.8 Å². The number of aliphatic hydroxyl groups excluding tert-OH is 1. The lowest BCUT2D eigenvalue weighted by Crippen LogP contribution is -2.31. The van der Waals surface area contributed by atoms with E-state index < -0.39 is 6.29 Å². The summed E-state index contributed by atoms with van der Waals surface area (Å²) in [5.41, 5.74) is 4.67. The summed E-state index contributed by atoms with van der Waals surface area (Å²) in [5.74, 6) is 2.00. The number of hydrogen-bond acceptors (Lipinski definition) is 7. The molecular weight excluding hydrogens is 639 g/mol. The van der Waals surface area contributed by atoms with Gasteiger partial charge in [0.1, 0.15) is 11.5 Å². The van der Waals surface area contributed by atoms with Crippen molar-refractivity contribution in [2.45, 2.75) is 43.3 Å². The van der Waals surface area contributed by atoms with E-state index in [4.69, 9.17) is 14.2 Å². The molecule has 250 valence electrons. The Labute approximate surface area is 289 Å². The molecule has 5 aromatic carbocycles. The number of aliphatic hydroxyl groups is 1. The maximum atomic E-state index is 12.7. The maximum Gasteiger partial charge on any atom is 0.323 e. The van der Waals surface area contributed by atoms with E-state index in [0.717, 1.165) is 33.0 Å². The van der Waals surface area contributed by atoms with Gasteiger partial charge in [0, 0.05) is 46.6 Å². The molecule has 0 spiro atoms. The Kier molecular flexibility index (Phi) is 11.2. The highest BCUT2D eigenvalue weighted by Gasteiger charge is 2.32. The third-order valence-electron chi connectivity index (χ3n) is 7.76. The normalized spacial score (nSPS) is 17.1. The second-order valence-electron chi connectivity index (χ2n) is 11.5. The van der Waals surface area contributed by atoms with Crippen LogP contribution in [0.25, 0.3) is 0 Å². The lowest BCUT2D eigenvalue weighted by atomic mass is 10.0. The minimum atomic E-state index is -0.622. The quantitative estimate of drug-likeness (QED) is 0.103. The summed E-state index contributed by atoms with van der Waals surface area (Å²) in [4.78, 5) is 25.2. The highest BCUT2D eigenvalue weighted by atomic mass is 32.2. The van der Waals surface area contributed by atoms with Crippen molar-refractivity contribution >= 4 is 40.8 Å². The lowest BCUT2D eigenvalue weighted by Gasteiger charge is -2.36. The Morgan fingerprint density at radius 1 is 0.714 bits per heavy atom. The van der Waals surface area contributed by atoms with Crippen LogP contribution in [0.15, 0.2) is 132 Å². The molecule has 0 aliphatic carbocycles. The van der Waals surface area contributed by atoms with Crippen LogP contribution in [0.5, 0.6) is 11.5 Å². The molecule has 1 heterocycles. The van der Waals surface area contributed by atoms with Crippen molar-refractivity contribution in [2.24, 2.45) is 0 Å². The maximum absolute atomic E-state index is 12.7. The summed E-state index contributed by atoms with van der Waals surface area (Å²) in [7, 11) is 0. The van der Waals surface area contributed by atoms with E-state index >= 15 is 0 Å². The number of benzene rings is 5. The molecule has 1 aliphatic heterocycles. The molecule has 1 aliphatic rings. The van der Waals surface area contributed by atoms with E-state index in [0.29, 0.717) is 29.3 Å². The average Bonchev–Trinajstić information content (AvgIpc) is 3.12. The molecule has 0 bridgehead atoms. The first-order valence-corrected chi connectivity index (χ1v) is 16.9. The standard InChI is InChI=1S/C39H37N3O6S/c1-26(44)40-30-17-21-36(22-18-30)49-25-35-23-37(28-9-7-27(24-43)8-10-28)48-38(47-35)29-11-13-31(14-12-29)41-39(45)42-32-15-19-34(20-16-32)46-33-5-3-2-4-6-33/h2-22,35,37-38,43H,23-25H2,1H3,(H,40,44)(H2,41,42,45)/t35-,37+,38+/m1/s1. The number of amides is 3. The zero-order valence-electron chi connectivity index (χ0n) is 26.9. The van der Waals surface area contributed by atoms with Crippen molar-refractivity contribution < 1.29 is 28.9 Å². The van der Waals surface area contributed by atoms with Gasteiger partial charge in [-0.15, -0.1) is 11.8 Å². The number of para-hydroxylation sites is 1. The third kappa shape index (κ3) is 9.71. The number of rotatable bonds is 11. The smallest absolute Gasteiger partial charge is 0.323 e. The topological polar surface area (TPSA) is 118 Å². The van der Waals surface area contributed by atoms with Crippen LogP contribution in [-0.4, -0.2) is 28.9 Å². The molecule has 10 heteroatoms. The number of carbonyl (C=O) groups excluding carboxylic acids is 2. The molecule has 9 nitrogen and oxygen atoms in total. The summed E-state index contributed by atoms with van der Waals surface area (Å²) in [5, 5.41) is 18.0. The van der Waals surface area contributed by atoms with Crippen molar-refractivity contribution in [2.75, 3.05) is 21.7 Å². The average molecular weight is 676 g/mol. The van der Waals surface area contributed by atoms with Crippen LogP contribution in [0.1, 0.15) is 42.4 Å². The lowest BCUT2D eigenvalue weighted by molar-refractivity contribution is -0.245. The fourth-order valence-electron chi connectivity index (χ4n) is 5.30. The van der Waals surface area contributed by atoms with Crippen LogP contribution in [-0.2, 0) is 20.9 Å². The molecule has 0 aromatic heterocycles. The number of hydrogen-bond donors (Lipinski definition) is 4. The summed E-state index contributed by atoms with van der Waals surface area (Å²) < 4.78 is 18.8. The fourth-order valence-corrected chi connectivity index (χ4v) is 6.22. The number of ether oxygens (including phenoxy) is 3. The van der Waals surface area contributed by atoms with Gasteiger partial charge in [0.25, 0.3) is 0 Å². The zero-order chi connectivity index (χ0) is 34.0. The van der Waals surface area contributed by atoms with E-state index in [1.165, 1.54) is 6.92 Å². The van der Waals surface area contributed by atoms with Crippen LogP contribution >= 0.6 is 11.8 Å². The summed E-state index contributed by atoms with van der Waals surface area (Å²) >= 11 is 1.68. The fraction of sp³-hybridized carbons (Fsp3) is 0.179. The number of nitrogens with one attached hydrogen (secondary N) is 3. The van der Waals surface area contributed by atoms with Crippen molar-refractivity contribution in [3.8, 4) is 11.5 Å². The molecule has 0 saturated carbocycles. The summed E-state index contributed by atoms with van der Waals surface area (Å²) in [6, 6.07) is 39.2. The molecule has 0 radical (unpaired) electrons. The van der Waals surface area contributed by atoms with Gasteiger partial charge in [0.15, 0.2) is 6.29 Å².